The van der Waals surface area contributed by atoms with E-state index in [4.69, 9.17) is 0 Å². The van der Waals surface area contributed by atoms with E-state index >= 15 is 0 Å². The molecule has 2 aliphatic rings. The molecule has 1 radical (unpaired) electrons. The smallest absolute Gasteiger partial charge is 0.0292 e. The minimum atomic E-state index is 0.762. The molecule has 0 saturated heterocycles. The summed E-state index contributed by atoms with van der Waals surface area (Å²) in [6.07, 6.45) is 9.86. The normalized spacial score (nSPS) is 49.7. The molecule has 0 heteroatoms. The number of fused-ring (bicyclic) bond motifs is 1. The highest BCUT2D eigenvalue weighted by Crippen LogP contribution is 2.54. The van der Waals surface area contributed by atoms with Crippen LogP contribution in [-0.2, 0) is 0 Å². The summed E-state index contributed by atoms with van der Waals surface area (Å²) in [5.74, 6) is 1.01. The maximum absolute atomic E-state index is 2.51. The van der Waals surface area contributed by atoms with E-state index in [1.54, 1.807) is 0 Å². The van der Waals surface area contributed by atoms with Crippen molar-refractivity contribution in [1.29, 1.82) is 0 Å². The molecule has 0 aliphatic heterocycles. The van der Waals surface area contributed by atoms with Gasteiger partial charge < -0.3 is 0 Å². The second-order valence-electron chi connectivity index (χ2n) is 3.95. The molecule has 0 aromatic rings. The first-order valence-corrected chi connectivity index (χ1v) is 4.15. The Morgan fingerprint density at radius 1 is 1.44 bits per heavy atom. The third-order valence-corrected chi connectivity index (χ3v) is 3.28. The summed E-state index contributed by atoms with van der Waals surface area (Å²) in [7, 11) is 0. The zero-order chi connectivity index (χ0) is 6.32. The maximum atomic E-state index is 2.51. The topological polar surface area (TPSA) is 0 Å². The van der Waals surface area contributed by atoms with Gasteiger partial charge in [0.15, 0.2) is 0 Å². The third-order valence-electron chi connectivity index (χ3n) is 3.28. The molecule has 2 rings (SSSR count). The Kier molecular flexibility index (Phi) is 1.12. The summed E-state index contributed by atoms with van der Waals surface area (Å²) in [6.45, 7) is 2.46. The van der Waals surface area contributed by atoms with E-state index in [-0.39, 0.29) is 0 Å². The van der Waals surface area contributed by atoms with Gasteiger partial charge in [0.05, 0.1) is 0 Å². The number of rotatable bonds is 0. The predicted octanol–water partition coefficient (Wildman–Crippen LogP) is 2.79. The molecule has 51 valence electrons. The Hall–Kier alpha value is 0. The average molecular weight is 123 g/mol. The molecule has 2 fully saturated rings. The van der Waals surface area contributed by atoms with E-state index in [0.29, 0.717) is 0 Å². The van der Waals surface area contributed by atoms with E-state index in [0.717, 1.165) is 11.3 Å². The van der Waals surface area contributed by atoms with Crippen molar-refractivity contribution in [3.05, 3.63) is 6.42 Å². The van der Waals surface area contributed by atoms with Crippen LogP contribution in [0.2, 0.25) is 0 Å². The van der Waals surface area contributed by atoms with Gasteiger partial charge in [-0.15, -0.1) is 0 Å². The second kappa shape index (κ2) is 1.74. The second-order valence-corrected chi connectivity index (χ2v) is 3.95. The summed E-state index contributed by atoms with van der Waals surface area (Å²) >= 11 is 0. The maximum Gasteiger partial charge on any atom is -0.0292 e. The largest absolute Gasteiger partial charge is 0.0594 e. The minimum absolute atomic E-state index is 0.762. The van der Waals surface area contributed by atoms with Gasteiger partial charge in [0.2, 0.25) is 0 Å². The molecule has 2 saturated carbocycles. The van der Waals surface area contributed by atoms with Crippen LogP contribution in [0.5, 0.6) is 0 Å². The first-order valence-electron chi connectivity index (χ1n) is 4.15. The van der Waals surface area contributed by atoms with Gasteiger partial charge in [-0.05, 0) is 37.0 Å². The van der Waals surface area contributed by atoms with Crippen LogP contribution < -0.4 is 0 Å². The van der Waals surface area contributed by atoms with Gasteiger partial charge in [-0.1, -0.05) is 19.8 Å². The van der Waals surface area contributed by atoms with Crippen LogP contribution >= 0.6 is 0 Å². The fourth-order valence-electron chi connectivity index (χ4n) is 2.33. The molecule has 2 atom stereocenters. The SMILES string of the molecule is C[C@]12C[CH][C@H]1CCCC2. The van der Waals surface area contributed by atoms with E-state index < -0.39 is 0 Å². The summed E-state index contributed by atoms with van der Waals surface area (Å²) in [5.41, 5.74) is 0.762. The number of hydrogen-bond acceptors (Lipinski definition) is 0. The number of hydrogen-bond donors (Lipinski definition) is 0. The minimum Gasteiger partial charge on any atom is -0.0594 e. The molecule has 0 aromatic heterocycles. The Morgan fingerprint density at radius 3 is 2.67 bits per heavy atom. The Bertz CT molecular complexity index is 117. The first kappa shape index (κ1) is 5.76. The highest BCUT2D eigenvalue weighted by Gasteiger charge is 2.43. The quantitative estimate of drug-likeness (QED) is 0.464. The van der Waals surface area contributed by atoms with Crippen LogP contribution in [0.3, 0.4) is 0 Å². The predicted molar refractivity (Wildman–Crippen MR) is 39.0 cm³/mol. The van der Waals surface area contributed by atoms with Gasteiger partial charge in [-0.3, -0.25) is 0 Å². The molecular formula is C9H15. The van der Waals surface area contributed by atoms with E-state index in [9.17, 15) is 0 Å². The zero-order valence-corrected chi connectivity index (χ0v) is 6.19. The Morgan fingerprint density at radius 2 is 2.33 bits per heavy atom. The van der Waals surface area contributed by atoms with Crippen molar-refractivity contribution in [1.82, 2.24) is 0 Å². The molecule has 0 heterocycles. The fourth-order valence-corrected chi connectivity index (χ4v) is 2.33. The van der Waals surface area contributed by atoms with E-state index in [1.807, 2.05) is 0 Å². The van der Waals surface area contributed by atoms with Crippen molar-refractivity contribution in [3.63, 3.8) is 0 Å². The summed E-state index contributed by atoms with van der Waals surface area (Å²) in [5, 5.41) is 0. The molecule has 0 bridgehead atoms. The molecule has 9 heavy (non-hydrogen) atoms. The van der Waals surface area contributed by atoms with Gasteiger partial charge >= 0.3 is 0 Å². The molecular weight excluding hydrogens is 108 g/mol. The van der Waals surface area contributed by atoms with Crippen molar-refractivity contribution in [2.24, 2.45) is 11.3 Å². The van der Waals surface area contributed by atoms with Gasteiger partial charge in [0.1, 0.15) is 0 Å². The van der Waals surface area contributed by atoms with Crippen molar-refractivity contribution >= 4 is 0 Å². The fraction of sp³-hybridized carbons (Fsp3) is 0.889. The van der Waals surface area contributed by atoms with Crippen molar-refractivity contribution < 1.29 is 0 Å². The zero-order valence-electron chi connectivity index (χ0n) is 6.19. The summed E-state index contributed by atoms with van der Waals surface area (Å²) in [4.78, 5) is 0. The molecule has 2 aliphatic carbocycles. The lowest BCUT2D eigenvalue weighted by molar-refractivity contribution is 0.0649. The molecule has 0 unspecified atom stereocenters. The van der Waals surface area contributed by atoms with Gasteiger partial charge in [0.25, 0.3) is 0 Å². The van der Waals surface area contributed by atoms with Crippen LogP contribution in [-0.4, -0.2) is 0 Å². The van der Waals surface area contributed by atoms with Gasteiger partial charge in [-0.2, -0.15) is 0 Å². The van der Waals surface area contributed by atoms with Crippen LogP contribution in [0.1, 0.15) is 39.0 Å². The lowest BCUT2D eigenvalue weighted by atomic mass is 9.55. The van der Waals surface area contributed by atoms with Crippen LogP contribution in [0.4, 0.5) is 0 Å². The standard InChI is InChI=1S/C9H15/c1-9-6-3-2-4-8(9)5-7-9/h5,8H,2-4,6-7H2,1H3/t8-,9+/m1/s1. The van der Waals surface area contributed by atoms with Crippen molar-refractivity contribution in [2.75, 3.05) is 0 Å². The van der Waals surface area contributed by atoms with Crippen LogP contribution in [0, 0.1) is 17.8 Å². The van der Waals surface area contributed by atoms with E-state index in [2.05, 4.69) is 13.3 Å². The Balaban J connectivity index is 2.05. The van der Waals surface area contributed by atoms with E-state index in [1.165, 1.54) is 32.1 Å². The third kappa shape index (κ3) is 0.720. The highest BCUT2D eigenvalue weighted by molar-refractivity contribution is 5.05. The summed E-state index contributed by atoms with van der Waals surface area (Å²) in [6, 6.07) is 0. The molecule has 0 nitrogen and oxygen atoms in total. The molecule has 0 N–H and O–H groups in total. The van der Waals surface area contributed by atoms with Gasteiger partial charge in [-0.25, -0.2) is 0 Å². The first-order chi connectivity index (χ1) is 4.31. The highest BCUT2D eigenvalue weighted by atomic mass is 14.5. The van der Waals surface area contributed by atoms with Crippen molar-refractivity contribution in [2.45, 2.75) is 39.0 Å². The molecule has 0 aromatic carbocycles. The molecule has 0 amide bonds. The Labute approximate surface area is 57.6 Å². The average Bonchev–Trinajstić information content (AvgIpc) is 1.82. The van der Waals surface area contributed by atoms with Crippen LogP contribution in [0.15, 0.2) is 0 Å². The van der Waals surface area contributed by atoms with Crippen LogP contribution in [0.25, 0.3) is 0 Å². The monoisotopic (exact) mass is 123 g/mol. The van der Waals surface area contributed by atoms with Crippen molar-refractivity contribution in [3.8, 4) is 0 Å². The lowest BCUT2D eigenvalue weighted by Crippen LogP contribution is -2.40. The molecule has 0 spiro atoms. The lowest BCUT2D eigenvalue weighted by Gasteiger charge is -2.50. The summed E-state index contributed by atoms with van der Waals surface area (Å²) < 4.78 is 0. The van der Waals surface area contributed by atoms with Gasteiger partial charge in [0, 0.05) is 0 Å².